The Balaban J connectivity index is 2.23. The number of ketones is 1. The van der Waals surface area contributed by atoms with Gasteiger partial charge >= 0.3 is 5.97 Å². The molecule has 2 aliphatic rings. The van der Waals surface area contributed by atoms with Gasteiger partial charge < -0.3 is 19.5 Å². The zero-order chi connectivity index (χ0) is 21.3. The van der Waals surface area contributed by atoms with Crippen LogP contribution in [0, 0.1) is 0 Å². The Morgan fingerprint density at radius 2 is 1.83 bits per heavy atom. The van der Waals surface area contributed by atoms with Crippen molar-refractivity contribution in [1.82, 2.24) is 5.32 Å². The molecule has 0 spiro atoms. The van der Waals surface area contributed by atoms with Crippen molar-refractivity contribution in [3.8, 4) is 11.5 Å². The Labute approximate surface area is 179 Å². The standard InChI is InChI=1S/C22H26BrNO5/c1-11(2)29-22(26)19-12(3)24-15-7-6-8-16(25)21(15)20(19)13-9-17(27-4)18(28-5)10-14(13)23/h9-11,20,24H,6-8H2,1-5H3. The summed E-state index contributed by atoms with van der Waals surface area (Å²) >= 11 is 3.61. The van der Waals surface area contributed by atoms with Crippen LogP contribution in [-0.4, -0.2) is 32.1 Å². The molecule has 1 atom stereocenters. The number of methoxy groups -OCH3 is 2. The lowest BCUT2D eigenvalue weighted by Crippen LogP contribution is -2.35. The first-order valence-electron chi connectivity index (χ1n) is 9.64. The van der Waals surface area contributed by atoms with E-state index in [0.717, 1.165) is 28.6 Å². The highest BCUT2D eigenvalue weighted by atomic mass is 79.9. The van der Waals surface area contributed by atoms with Gasteiger partial charge in [0.1, 0.15) is 0 Å². The zero-order valence-electron chi connectivity index (χ0n) is 17.3. The first-order chi connectivity index (χ1) is 13.8. The normalized spacial score (nSPS) is 19.1. The maximum absolute atomic E-state index is 13.0. The molecule has 1 heterocycles. The predicted octanol–water partition coefficient (Wildman–Crippen LogP) is 4.39. The fraction of sp³-hybridized carbons (Fsp3) is 0.455. The average molecular weight is 464 g/mol. The lowest BCUT2D eigenvalue weighted by Gasteiger charge is -2.35. The van der Waals surface area contributed by atoms with Crippen LogP contribution in [0.2, 0.25) is 0 Å². The van der Waals surface area contributed by atoms with Crippen LogP contribution in [0.1, 0.15) is 51.5 Å². The molecular formula is C22H26BrNO5. The van der Waals surface area contributed by atoms with Crippen LogP contribution in [0.15, 0.2) is 39.1 Å². The third-order valence-corrected chi connectivity index (χ3v) is 5.84. The molecule has 1 aromatic rings. The molecule has 6 nitrogen and oxygen atoms in total. The Kier molecular flexibility index (Phi) is 6.36. The number of halogens is 1. The minimum absolute atomic E-state index is 0.0489. The third-order valence-electron chi connectivity index (χ3n) is 5.15. The van der Waals surface area contributed by atoms with Crippen molar-refractivity contribution >= 4 is 27.7 Å². The number of ether oxygens (including phenoxy) is 3. The Hall–Kier alpha value is -2.28. The van der Waals surface area contributed by atoms with Gasteiger partial charge in [0.2, 0.25) is 0 Å². The number of esters is 1. The van der Waals surface area contributed by atoms with E-state index >= 15 is 0 Å². The number of carbonyl (C=O) groups excluding carboxylic acids is 2. The van der Waals surface area contributed by atoms with Gasteiger partial charge in [-0.2, -0.15) is 0 Å². The van der Waals surface area contributed by atoms with E-state index in [1.807, 2.05) is 26.8 Å². The first-order valence-corrected chi connectivity index (χ1v) is 10.4. The first kappa shape index (κ1) is 21.4. The van der Waals surface area contributed by atoms with Gasteiger partial charge in [0.25, 0.3) is 0 Å². The zero-order valence-corrected chi connectivity index (χ0v) is 18.9. The topological polar surface area (TPSA) is 73.9 Å². The third kappa shape index (κ3) is 4.06. The maximum atomic E-state index is 13.0. The summed E-state index contributed by atoms with van der Waals surface area (Å²) in [5.74, 6) is 0.172. The minimum Gasteiger partial charge on any atom is -0.493 e. The van der Waals surface area contributed by atoms with Gasteiger partial charge in [0, 0.05) is 33.8 Å². The number of Topliss-reactive ketones (excluding diaryl/α,β-unsaturated/α-hetero) is 1. The SMILES string of the molecule is COc1cc(Br)c(C2C(C(=O)OC(C)C)=C(C)NC3=C2C(=O)CCC3)cc1OC. The van der Waals surface area contributed by atoms with Gasteiger partial charge in [-0.15, -0.1) is 0 Å². The van der Waals surface area contributed by atoms with Crippen LogP contribution in [-0.2, 0) is 14.3 Å². The molecule has 0 fully saturated rings. The van der Waals surface area contributed by atoms with E-state index < -0.39 is 11.9 Å². The summed E-state index contributed by atoms with van der Waals surface area (Å²) < 4.78 is 17.1. The quantitative estimate of drug-likeness (QED) is 0.652. The number of nitrogens with one attached hydrogen (secondary N) is 1. The molecule has 1 aliphatic carbocycles. The van der Waals surface area contributed by atoms with Crippen LogP contribution in [0.3, 0.4) is 0 Å². The van der Waals surface area contributed by atoms with E-state index in [-0.39, 0.29) is 11.9 Å². The second-order valence-electron chi connectivity index (χ2n) is 7.45. The molecule has 1 N–H and O–H groups in total. The Morgan fingerprint density at radius 3 is 2.45 bits per heavy atom. The van der Waals surface area contributed by atoms with Gasteiger partial charge in [-0.1, -0.05) is 15.9 Å². The van der Waals surface area contributed by atoms with Crippen LogP contribution in [0.25, 0.3) is 0 Å². The summed E-state index contributed by atoms with van der Waals surface area (Å²) in [5.41, 5.74) is 3.43. The second kappa shape index (κ2) is 8.61. The molecule has 0 saturated heterocycles. The van der Waals surface area contributed by atoms with Crippen molar-refractivity contribution in [2.75, 3.05) is 14.2 Å². The summed E-state index contributed by atoms with van der Waals surface area (Å²) in [5, 5.41) is 3.29. The summed E-state index contributed by atoms with van der Waals surface area (Å²) in [6, 6.07) is 3.62. The molecule has 0 radical (unpaired) electrons. The molecule has 1 unspecified atom stereocenters. The van der Waals surface area contributed by atoms with Crippen molar-refractivity contribution < 1.29 is 23.8 Å². The number of benzene rings is 1. The van der Waals surface area contributed by atoms with Crippen LogP contribution in [0.4, 0.5) is 0 Å². The van der Waals surface area contributed by atoms with Crippen LogP contribution in [0.5, 0.6) is 11.5 Å². The van der Waals surface area contributed by atoms with Crippen molar-refractivity contribution in [3.63, 3.8) is 0 Å². The largest absolute Gasteiger partial charge is 0.493 e. The van der Waals surface area contributed by atoms with E-state index in [1.165, 1.54) is 0 Å². The maximum Gasteiger partial charge on any atom is 0.337 e. The van der Waals surface area contributed by atoms with E-state index in [1.54, 1.807) is 20.3 Å². The summed E-state index contributed by atoms with van der Waals surface area (Å²) in [6.45, 7) is 5.46. The highest BCUT2D eigenvalue weighted by Gasteiger charge is 2.40. The molecule has 7 heteroatoms. The number of rotatable bonds is 5. The highest BCUT2D eigenvalue weighted by molar-refractivity contribution is 9.10. The molecule has 0 saturated carbocycles. The monoisotopic (exact) mass is 463 g/mol. The predicted molar refractivity (Wildman–Crippen MR) is 113 cm³/mol. The molecule has 1 aromatic carbocycles. The molecular weight excluding hydrogens is 438 g/mol. The van der Waals surface area contributed by atoms with E-state index in [9.17, 15) is 9.59 Å². The smallest absolute Gasteiger partial charge is 0.337 e. The second-order valence-corrected chi connectivity index (χ2v) is 8.30. The van der Waals surface area contributed by atoms with Gasteiger partial charge in [0.15, 0.2) is 17.3 Å². The highest BCUT2D eigenvalue weighted by Crippen LogP contribution is 2.47. The van der Waals surface area contributed by atoms with E-state index in [0.29, 0.717) is 34.8 Å². The van der Waals surface area contributed by atoms with Crippen molar-refractivity contribution in [3.05, 3.63) is 44.7 Å². The molecule has 0 aromatic heterocycles. The summed E-state index contributed by atoms with van der Waals surface area (Å²) in [6.07, 6.45) is 1.76. The number of hydrogen-bond donors (Lipinski definition) is 1. The number of hydrogen-bond acceptors (Lipinski definition) is 6. The summed E-state index contributed by atoms with van der Waals surface area (Å²) in [7, 11) is 3.12. The molecule has 0 amide bonds. The Morgan fingerprint density at radius 1 is 1.17 bits per heavy atom. The van der Waals surface area contributed by atoms with Crippen LogP contribution >= 0.6 is 15.9 Å². The van der Waals surface area contributed by atoms with Crippen LogP contribution < -0.4 is 14.8 Å². The number of allylic oxidation sites excluding steroid dienone is 3. The molecule has 0 bridgehead atoms. The number of dihydropyridines is 1. The number of carbonyl (C=O) groups is 2. The Bertz CT molecular complexity index is 916. The molecule has 156 valence electrons. The van der Waals surface area contributed by atoms with E-state index in [2.05, 4.69) is 21.2 Å². The van der Waals surface area contributed by atoms with Crippen molar-refractivity contribution in [2.24, 2.45) is 0 Å². The van der Waals surface area contributed by atoms with Crippen molar-refractivity contribution in [1.29, 1.82) is 0 Å². The summed E-state index contributed by atoms with van der Waals surface area (Å²) in [4.78, 5) is 26.0. The lowest BCUT2D eigenvalue weighted by atomic mass is 9.75. The fourth-order valence-corrected chi connectivity index (χ4v) is 4.48. The van der Waals surface area contributed by atoms with Gasteiger partial charge in [-0.25, -0.2) is 4.79 Å². The van der Waals surface area contributed by atoms with Gasteiger partial charge in [-0.3, -0.25) is 4.79 Å². The van der Waals surface area contributed by atoms with Crippen molar-refractivity contribution in [2.45, 2.75) is 52.1 Å². The molecule has 3 rings (SSSR count). The fourth-order valence-electron chi connectivity index (χ4n) is 3.93. The lowest BCUT2D eigenvalue weighted by molar-refractivity contribution is -0.143. The average Bonchev–Trinajstić information content (AvgIpc) is 2.66. The van der Waals surface area contributed by atoms with Gasteiger partial charge in [0.05, 0.1) is 25.9 Å². The minimum atomic E-state index is -0.542. The molecule has 29 heavy (non-hydrogen) atoms. The molecule has 1 aliphatic heterocycles. The van der Waals surface area contributed by atoms with E-state index in [4.69, 9.17) is 14.2 Å². The van der Waals surface area contributed by atoms with Gasteiger partial charge in [-0.05, 0) is 51.3 Å².